The Morgan fingerprint density at radius 2 is 2.06 bits per heavy atom. The second-order valence-electron chi connectivity index (χ2n) is 7.72. The zero-order chi connectivity index (χ0) is 22.4. The third-order valence-corrected chi connectivity index (χ3v) is 4.55. The van der Waals surface area contributed by atoms with Crippen molar-refractivity contribution in [3.63, 3.8) is 0 Å². The number of hydrogen-bond acceptors (Lipinski definition) is 6. The number of ether oxygens (including phenoxy) is 3. The molecule has 0 saturated carbocycles. The number of aromatic amines is 1. The number of rotatable bonds is 8. The number of carbonyl (C=O) groups is 2. The second-order valence-corrected chi connectivity index (χ2v) is 7.72. The van der Waals surface area contributed by atoms with Crippen LogP contribution in [0.1, 0.15) is 43.2 Å². The Bertz CT molecular complexity index is 917. The molecule has 0 bridgehead atoms. The third kappa shape index (κ3) is 6.76. The minimum atomic E-state index is -0.479. The van der Waals surface area contributed by atoms with Gasteiger partial charge in [-0.2, -0.15) is 5.10 Å². The molecule has 1 aromatic heterocycles. The summed E-state index contributed by atoms with van der Waals surface area (Å²) in [6.07, 6.45) is -0.688. The lowest BCUT2D eigenvalue weighted by atomic mass is 10.1. The Balaban J connectivity index is 1.52. The van der Waals surface area contributed by atoms with Gasteiger partial charge in [0.2, 0.25) is 5.91 Å². The van der Waals surface area contributed by atoms with E-state index in [1.54, 1.807) is 12.1 Å². The number of alkyl carbamates (subject to hydrolysis) is 1. The van der Waals surface area contributed by atoms with Crippen LogP contribution in [-0.2, 0) is 32.0 Å². The van der Waals surface area contributed by atoms with Crippen LogP contribution in [0, 0.1) is 5.82 Å². The first-order chi connectivity index (χ1) is 14.8. The number of methoxy groups -OCH3 is 1. The summed E-state index contributed by atoms with van der Waals surface area (Å²) < 4.78 is 29.7. The van der Waals surface area contributed by atoms with Crippen molar-refractivity contribution in [2.75, 3.05) is 19.0 Å². The predicted molar refractivity (Wildman–Crippen MR) is 110 cm³/mol. The molecule has 1 fully saturated rings. The first-order valence-electron chi connectivity index (χ1n) is 10.0. The molecular formula is C21H27FN4O5. The van der Waals surface area contributed by atoms with Gasteiger partial charge in [0.05, 0.1) is 25.3 Å². The van der Waals surface area contributed by atoms with Gasteiger partial charge in [-0.25, -0.2) is 9.18 Å². The summed E-state index contributed by atoms with van der Waals surface area (Å²) in [6.45, 7) is 4.24. The van der Waals surface area contributed by atoms with Gasteiger partial charge in [0.15, 0.2) is 5.82 Å². The number of halogens is 1. The highest BCUT2D eigenvalue weighted by atomic mass is 19.1. The standard InChI is InChI=1S/C21H27FN4O5/c1-12(2)23-21(28)31-16-8-18(30-11-16)17-9-19(26-25-17)24-20(27)7-13-4-14(10-29-3)6-15(22)5-13/h4-6,9,12,16,18H,7-8,10-11H2,1-3H3,(H,23,28)(H2,24,25,26,27)/t16-,18-/m0/s1. The van der Waals surface area contributed by atoms with Crippen molar-refractivity contribution in [2.45, 2.75) is 51.5 Å². The molecule has 3 rings (SSSR count). The van der Waals surface area contributed by atoms with Gasteiger partial charge in [-0.1, -0.05) is 6.07 Å². The Morgan fingerprint density at radius 1 is 1.29 bits per heavy atom. The smallest absolute Gasteiger partial charge is 0.407 e. The highest BCUT2D eigenvalue weighted by Gasteiger charge is 2.31. The zero-order valence-electron chi connectivity index (χ0n) is 17.7. The van der Waals surface area contributed by atoms with Crippen molar-refractivity contribution < 1.29 is 28.2 Å². The number of anilines is 1. The van der Waals surface area contributed by atoms with Crippen molar-refractivity contribution in [3.05, 3.63) is 46.9 Å². The SMILES string of the molecule is COCc1cc(F)cc(CC(=O)Nc2cc([C@@H]3C[C@H](OC(=O)NC(C)C)CO3)[nH]n2)c1. The molecule has 2 aromatic rings. The van der Waals surface area contributed by atoms with Crippen LogP contribution in [0.3, 0.4) is 0 Å². The van der Waals surface area contributed by atoms with Crippen LogP contribution in [0.25, 0.3) is 0 Å². The number of aromatic nitrogens is 2. The molecule has 9 nitrogen and oxygen atoms in total. The van der Waals surface area contributed by atoms with Crippen molar-refractivity contribution in [1.82, 2.24) is 15.5 Å². The van der Waals surface area contributed by atoms with Crippen LogP contribution in [0.5, 0.6) is 0 Å². The summed E-state index contributed by atoms with van der Waals surface area (Å²) in [5, 5.41) is 12.3. The Morgan fingerprint density at radius 3 is 2.81 bits per heavy atom. The van der Waals surface area contributed by atoms with Gasteiger partial charge in [-0.15, -0.1) is 0 Å². The molecule has 1 aromatic carbocycles. The molecule has 2 amide bonds. The molecule has 1 aliphatic heterocycles. The van der Waals surface area contributed by atoms with E-state index in [-0.39, 0.29) is 43.8 Å². The molecule has 0 unspecified atom stereocenters. The van der Waals surface area contributed by atoms with Gasteiger partial charge in [0.1, 0.15) is 18.0 Å². The number of nitrogens with one attached hydrogen (secondary N) is 3. The number of benzene rings is 1. The third-order valence-electron chi connectivity index (χ3n) is 4.55. The summed E-state index contributed by atoms with van der Waals surface area (Å²) in [5.41, 5.74) is 1.86. The topological polar surface area (TPSA) is 115 Å². The van der Waals surface area contributed by atoms with Gasteiger partial charge in [-0.05, 0) is 37.1 Å². The number of carbonyl (C=O) groups excluding carboxylic acids is 2. The second kappa shape index (κ2) is 10.4. The first kappa shape index (κ1) is 22.7. The summed E-state index contributed by atoms with van der Waals surface area (Å²) in [5.74, 6) is -0.415. The van der Waals surface area contributed by atoms with Crippen molar-refractivity contribution in [1.29, 1.82) is 0 Å². The van der Waals surface area contributed by atoms with E-state index in [2.05, 4.69) is 20.8 Å². The summed E-state index contributed by atoms with van der Waals surface area (Å²) in [6, 6.07) is 6.07. The van der Waals surface area contributed by atoms with Gasteiger partial charge in [0.25, 0.3) is 0 Å². The van der Waals surface area contributed by atoms with Crippen LogP contribution in [0.4, 0.5) is 15.0 Å². The van der Waals surface area contributed by atoms with E-state index >= 15 is 0 Å². The fourth-order valence-corrected chi connectivity index (χ4v) is 3.33. The van der Waals surface area contributed by atoms with Crippen molar-refractivity contribution in [3.8, 4) is 0 Å². The quantitative estimate of drug-likeness (QED) is 0.589. The molecule has 0 radical (unpaired) electrons. The highest BCUT2D eigenvalue weighted by molar-refractivity contribution is 5.91. The van der Waals surface area contributed by atoms with Gasteiger partial charge >= 0.3 is 6.09 Å². The van der Waals surface area contributed by atoms with E-state index in [1.165, 1.54) is 19.2 Å². The van der Waals surface area contributed by atoms with E-state index in [1.807, 2.05) is 13.8 Å². The molecule has 0 spiro atoms. The molecule has 2 heterocycles. The van der Waals surface area contributed by atoms with Crippen LogP contribution in [-0.4, -0.2) is 48.1 Å². The summed E-state index contributed by atoms with van der Waals surface area (Å²) in [4.78, 5) is 24.1. The van der Waals surface area contributed by atoms with E-state index in [0.717, 1.165) is 0 Å². The van der Waals surface area contributed by atoms with Gasteiger partial charge < -0.3 is 24.8 Å². The molecule has 1 saturated heterocycles. The Kier molecular flexibility index (Phi) is 7.59. The van der Waals surface area contributed by atoms with Crippen molar-refractivity contribution >= 4 is 17.8 Å². The van der Waals surface area contributed by atoms with Gasteiger partial charge in [-0.3, -0.25) is 9.89 Å². The lowest BCUT2D eigenvalue weighted by molar-refractivity contribution is -0.115. The molecule has 168 valence electrons. The van der Waals surface area contributed by atoms with Crippen LogP contribution in [0.2, 0.25) is 0 Å². The average Bonchev–Trinajstić information content (AvgIpc) is 3.30. The van der Waals surface area contributed by atoms with Crippen molar-refractivity contribution in [2.24, 2.45) is 0 Å². The highest BCUT2D eigenvalue weighted by Crippen LogP contribution is 2.30. The fraction of sp³-hybridized carbons (Fsp3) is 0.476. The Hall–Kier alpha value is -2.98. The van der Waals surface area contributed by atoms with Gasteiger partial charge in [0, 0.05) is 25.6 Å². The van der Waals surface area contributed by atoms with Crippen LogP contribution in [0.15, 0.2) is 24.3 Å². The number of nitrogens with zero attached hydrogens (tertiary/aromatic N) is 1. The van der Waals surface area contributed by atoms with E-state index in [9.17, 15) is 14.0 Å². The van der Waals surface area contributed by atoms with Crippen LogP contribution < -0.4 is 10.6 Å². The summed E-state index contributed by atoms with van der Waals surface area (Å²) in [7, 11) is 1.52. The molecule has 31 heavy (non-hydrogen) atoms. The largest absolute Gasteiger partial charge is 0.444 e. The van der Waals surface area contributed by atoms with E-state index in [0.29, 0.717) is 29.1 Å². The molecule has 10 heteroatoms. The minimum absolute atomic E-state index is 0.00251. The molecular weight excluding hydrogens is 407 g/mol. The first-order valence-corrected chi connectivity index (χ1v) is 10.0. The Labute approximate surface area is 179 Å². The zero-order valence-corrected chi connectivity index (χ0v) is 17.7. The summed E-state index contributed by atoms with van der Waals surface area (Å²) >= 11 is 0. The lowest BCUT2D eigenvalue weighted by Crippen LogP contribution is -2.33. The number of amides is 2. The minimum Gasteiger partial charge on any atom is -0.444 e. The molecule has 0 aliphatic carbocycles. The molecule has 2 atom stereocenters. The normalized spacial score (nSPS) is 18.2. The maximum Gasteiger partial charge on any atom is 0.407 e. The van der Waals surface area contributed by atoms with Crippen LogP contribution >= 0.6 is 0 Å². The molecule has 3 N–H and O–H groups in total. The predicted octanol–water partition coefficient (Wildman–Crippen LogP) is 2.84. The maximum absolute atomic E-state index is 13.7. The molecule has 1 aliphatic rings. The number of hydrogen-bond donors (Lipinski definition) is 3. The maximum atomic E-state index is 13.7. The fourth-order valence-electron chi connectivity index (χ4n) is 3.33. The average molecular weight is 434 g/mol. The monoisotopic (exact) mass is 434 g/mol. The lowest BCUT2D eigenvalue weighted by Gasteiger charge is -2.13. The van der Waals surface area contributed by atoms with E-state index in [4.69, 9.17) is 14.2 Å². The van der Waals surface area contributed by atoms with E-state index < -0.39 is 11.9 Å². The number of H-pyrrole nitrogens is 1.